The smallest absolute Gasteiger partial charge is 0.298 e. The monoisotopic (exact) mass is 258 g/mol. The van der Waals surface area contributed by atoms with Crippen LogP contribution in [-0.2, 0) is 4.74 Å². The number of hydrogen-bond donors (Lipinski definition) is 0. The molecule has 0 unspecified atom stereocenters. The lowest BCUT2D eigenvalue weighted by atomic mass is 10.1. The van der Waals surface area contributed by atoms with Crippen LogP contribution in [0, 0.1) is 5.92 Å². The van der Waals surface area contributed by atoms with Crippen molar-refractivity contribution >= 4 is 17.1 Å². The average molecular weight is 258 g/mol. The van der Waals surface area contributed by atoms with Crippen molar-refractivity contribution in [1.82, 2.24) is 4.98 Å². The van der Waals surface area contributed by atoms with Gasteiger partial charge in [-0.15, -0.1) is 0 Å². The summed E-state index contributed by atoms with van der Waals surface area (Å²) in [5.41, 5.74) is 1.83. The maximum Gasteiger partial charge on any atom is 0.298 e. The normalized spacial score (nSPS) is 23.1. The second-order valence-electron chi connectivity index (χ2n) is 5.58. The SMILES string of the molecule is c1ccc2oc(N(C[C@@H]3CCOC3)C3CC3)nc2c1. The van der Waals surface area contributed by atoms with Crippen LogP contribution in [0.5, 0.6) is 0 Å². The summed E-state index contributed by atoms with van der Waals surface area (Å²) < 4.78 is 11.4. The van der Waals surface area contributed by atoms with E-state index < -0.39 is 0 Å². The molecular weight excluding hydrogens is 240 g/mol. The summed E-state index contributed by atoms with van der Waals surface area (Å²) in [5.74, 6) is 0.621. The van der Waals surface area contributed by atoms with Gasteiger partial charge < -0.3 is 14.1 Å². The van der Waals surface area contributed by atoms with E-state index in [2.05, 4.69) is 9.88 Å². The summed E-state index contributed by atoms with van der Waals surface area (Å²) in [6, 6.07) is 9.39. The molecule has 4 nitrogen and oxygen atoms in total. The number of benzene rings is 1. The van der Waals surface area contributed by atoms with Crippen LogP contribution in [0.3, 0.4) is 0 Å². The largest absolute Gasteiger partial charge is 0.423 e. The highest BCUT2D eigenvalue weighted by Crippen LogP contribution is 2.34. The van der Waals surface area contributed by atoms with Gasteiger partial charge >= 0.3 is 0 Å². The first-order valence-electron chi connectivity index (χ1n) is 7.10. The lowest BCUT2D eigenvalue weighted by molar-refractivity contribution is 0.186. The second kappa shape index (κ2) is 4.53. The van der Waals surface area contributed by atoms with Gasteiger partial charge in [-0.2, -0.15) is 4.98 Å². The van der Waals surface area contributed by atoms with Gasteiger partial charge in [0, 0.05) is 25.1 Å². The number of oxazole rings is 1. The first-order chi connectivity index (χ1) is 9.40. The van der Waals surface area contributed by atoms with E-state index in [9.17, 15) is 0 Å². The van der Waals surface area contributed by atoms with Gasteiger partial charge in [0.25, 0.3) is 6.01 Å². The quantitative estimate of drug-likeness (QED) is 0.845. The highest BCUT2D eigenvalue weighted by molar-refractivity contribution is 5.74. The molecule has 1 atom stereocenters. The number of hydrogen-bond acceptors (Lipinski definition) is 4. The molecule has 1 aromatic heterocycles. The van der Waals surface area contributed by atoms with E-state index in [1.807, 2.05) is 24.3 Å². The van der Waals surface area contributed by atoms with Gasteiger partial charge in [0.1, 0.15) is 5.52 Å². The lowest BCUT2D eigenvalue weighted by Crippen LogP contribution is -2.32. The standard InChI is InChI=1S/C15H18N2O2/c1-2-4-14-13(3-1)16-15(19-14)17(12-5-6-12)9-11-7-8-18-10-11/h1-4,11-12H,5-10H2/t11-/m0/s1. The second-order valence-corrected chi connectivity index (χ2v) is 5.58. The van der Waals surface area contributed by atoms with Gasteiger partial charge in [-0.3, -0.25) is 0 Å². The summed E-state index contributed by atoms with van der Waals surface area (Å²) in [7, 11) is 0. The first-order valence-corrected chi connectivity index (χ1v) is 7.10. The molecule has 1 aliphatic carbocycles. The molecule has 0 spiro atoms. The molecule has 0 N–H and O–H groups in total. The Balaban J connectivity index is 1.61. The lowest BCUT2D eigenvalue weighted by Gasteiger charge is -2.22. The Bertz CT molecular complexity index is 537. The summed E-state index contributed by atoms with van der Waals surface area (Å²) in [6.07, 6.45) is 3.67. The van der Waals surface area contributed by atoms with E-state index in [0.717, 1.165) is 43.3 Å². The zero-order chi connectivity index (χ0) is 12.7. The Hall–Kier alpha value is -1.55. The van der Waals surface area contributed by atoms with Crippen molar-refractivity contribution in [3.8, 4) is 0 Å². The molecular formula is C15H18N2O2. The average Bonchev–Trinajstić information content (AvgIpc) is 2.99. The van der Waals surface area contributed by atoms with Crippen LogP contribution in [0.2, 0.25) is 0 Å². The molecule has 2 fully saturated rings. The zero-order valence-electron chi connectivity index (χ0n) is 10.9. The fourth-order valence-electron chi connectivity index (χ4n) is 2.76. The molecule has 1 aliphatic heterocycles. The Labute approximate surface area is 112 Å². The number of aromatic nitrogens is 1. The summed E-state index contributed by atoms with van der Waals surface area (Å²) in [6.45, 7) is 2.79. The van der Waals surface area contributed by atoms with E-state index in [-0.39, 0.29) is 0 Å². The molecule has 1 saturated carbocycles. The first kappa shape index (κ1) is 11.3. The molecule has 4 rings (SSSR count). The van der Waals surface area contributed by atoms with E-state index >= 15 is 0 Å². The number of nitrogens with zero attached hydrogens (tertiary/aromatic N) is 2. The van der Waals surface area contributed by atoms with Gasteiger partial charge in [0.05, 0.1) is 6.61 Å². The Morgan fingerprint density at radius 2 is 2.11 bits per heavy atom. The summed E-state index contributed by atoms with van der Waals surface area (Å²) >= 11 is 0. The minimum absolute atomic E-state index is 0.619. The van der Waals surface area contributed by atoms with Crippen LogP contribution < -0.4 is 4.90 Å². The van der Waals surface area contributed by atoms with Crippen LogP contribution in [-0.4, -0.2) is 30.8 Å². The maximum atomic E-state index is 5.92. The van der Waals surface area contributed by atoms with Crippen molar-refractivity contribution in [2.45, 2.75) is 25.3 Å². The highest BCUT2D eigenvalue weighted by atomic mass is 16.5. The molecule has 2 aliphatic rings. The van der Waals surface area contributed by atoms with E-state index in [1.165, 1.54) is 12.8 Å². The van der Waals surface area contributed by atoms with Gasteiger partial charge in [-0.25, -0.2) is 0 Å². The number of fused-ring (bicyclic) bond motifs is 1. The number of ether oxygens (including phenoxy) is 1. The van der Waals surface area contributed by atoms with Crippen molar-refractivity contribution < 1.29 is 9.15 Å². The number of para-hydroxylation sites is 2. The minimum atomic E-state index is 0.619. The zero-order valence-corrected chi connectivity index (χ0v) is 10.9. The third-order valence-corrected chi connectivity index (χ3v) is 3.99. The van der Waals surface area contributed by atoms with Gasteiger partial charge in [-0.1, -0.05) is 12.1 Å². The van der Waals surface area contributed by atoms with Crippen LogP contribution >= 0.6 is 0 Å². The molecule has 2 heterocycles. The third-order valence-electron chi connectivity index (χ3n) is 3.99. The minimum Gasteiger partial charge on any atom is -0.423 e. The van der Waals surface area contributed by atoms with Crippen molar-refractivity contribution in [3.63, 3.8) is 0 Å². The van der Waals surface area contributed by atoms with Crippen LogP contribution in [0.25, 0.3) is 11.1 Å². The van der Waals surface area contributed by atoms with E-state index in [0.29, 0.717) is 12.0 Å². The molecule has 0 bridgehead atoms. The Kier molecular flexibility index (Phi) is 2.69. The maximum absolute atomic E-state index is 5.92. The Morgan fingerprint density at radius 3 is 2.84 bits per heavy atom. The van der Waals surface area contributed by atoms with Crippen molar-refractivity contribution in [3.05, 3.63) is 24.3 Å². The van der Waals surface area contributed by atoms with Crippen molar-refractivity contribution in [2.24, 2.45) is 5.92 Å². The predicted molar refractivity (Wildman–Crippen MR) is 73.3 cm³/mol. The summed E-state index contributed by atoms with van der Waals surface area (Å²) in [5, 5.41) is 0. The predicted octanol–water partition coefficient (Wildman–Crippen LogP) is 2.83. The van der Waals surface area contributed by atoms with Gasteiger partial charge in [0.15, 0.2) is 5.58 Å². The van der Waals surface area contributed by atoms with Crippen LogP contribution in [0.1, 0.15) is 19.3 Å². The van der Waals surface area contributed by atoms with Crippen molar-refractivity contribution in [2.75, 3.05) is 24.7 Å². The van der Waals surface area contributed by atoms with Crippen LogP contribution in [0.15, 0.2) is 28.7 Å². The molecule has 1 aromatic carbocycles. The molecule has 2 aromatic rings. The van der Waals surface area contributed by atoms with Gasteiger partial charge in [0.2, 0.25) is 0 Å². The molecule has 0 radical (unpaired) electrons. The number of anilines is 1. The molecule has 4 heteroatoms. The van der Waals surface area contributed by atoms with Gasteiger partial charge in [-0.05, 0) is 31.4 Å². The van der Waals surface area contributed by atoms with Crippen molar-refractivity contribution in [1.29, 1.82) is 0 Å². The third kappa shape index (κ3) is 2.21. The van der Waals surface area contributed by atoms with E-state index in [1.54, 1.807) is 0 Å². The van der Waals surface area contributed by atoms with E-state index in [4.69, 9.17) is 9.15 Å². The number of rotatable bonds is 4. The molecule has 0 amide bonds. The topological polar surface area (TPSA) is 38.5 Å². The molecule has 100 valence electrons. The molecule has 1 saturated heterocycles. The highest BCUT2D eigenvalue weighted by Gasteiger charge is 2.34. The Morgan fingerprint density at radius 1 is 1.21 bits per heavy atom. The fraction of sp³-hybridized carbons (Fsp3) is 0.533. The molecule has 19 heavy (non-hydrogen) atoms. The summed E-state index contributed by atoms with van der Waals surface area (Å²) in [4.78, 5) is 6.98. The van der Waals surface area contributed by atoms with Crippen LogP contribution in [0.4, 0.5) is 6.01 Å². The fourth-order valence-corrected chi connectivity index (χ4v) is 2.76.